The van der Waals surface area contributed by atoms with Gasteiger partial charge in [-0.2, -0.15) is 4.68 Å². The van der Waals surface area contributed by atoms with E-state index in [1.165, 1.54) is 4.68 Å². The Balaban J connectivity index is 1.77. The van der Waals surface area contributed by atoms with Crippen molar-refractivity contribution in [3.05, 3.63) is 101 Å². The summed E-state index contributed by atoms with van der Waals surface area (Å²) in [4.78, 5) is 22.4. The highest BCUT2D eigenvalue weighted by atomic mass is 16.1. The van der Waals surface area contributed by atoms with Crippen LogP contribution >= 0.6 is 0 Å². The lowest BCUT2D eigenvalue weighted by Gasteiger charge is -2.10. The van der Waals surface area contributed by atoms with E-state index in [1.807, 2.05) is 84.9 Å². The predicted octanol–water partition coefficient (Wildman–Crippen LogP) is 4.44. The fourth-order valence-corrected chi connectivity index (χ4v) is 3.26. The monoisotopic (exact) mass is 364 g/mol. The molecule has 0 spiro atoms. The number of aromatic nitrogens is 4. The largest absolute Gasteiger partial charge is 0.289 e. The van der Waals surface area contributed by atoms with E-state index in [0.29, 0.717) is 11.5 Å². The van der Waals surface area contributed by atoms with Gasteiger partial charge in [0, 0.05) is 11.6 Å². The Morgan fingerprint density at radius 1 is 0.679 bits per heavy atom. The molecule has 0 unspecified atom stereocenters. The van der Waals surface area contributed by atoms with Crippen molar-refractivity contribution >= 4 is 11.0 Å². The van der Waals surface area contributed by atoms with Gasteiger partial charge in [-0.1, -0.05) is 72.8 Å². The molecule has 0 fully saturated rings. The predicted molar refractivity (Wildman–Crippen MR) is 110 cm³/mol. The SMILES string of the molecule is O=c1cc(-c2ccccc2)[nH]n1-c1nc2ccccc2nc1-c1ccccc1. The fraction of sp³-hybridized carbons (Fsp3) is 0. The molecule has 0 saturated carbocycles. The van der Waals surface area contributed by atoms with E-state index in [0.717, 1.165) is 27.9 Å². The fourth-order valence-electron chi connectivity index (χ4n) is 3.26. The van der Waals surface area contributed by atoms with Crippen molar-refractivity contribution < 1.29 is 0 Å². The molecule has 3 aromatic carbocycles. The van der Waals surface area contributed by atoms with Crippen molar-refractivity contribution in [2.45, 2.75) is 0 Å². The van der Waals surface area contributed by atoms with Gasteiger partial charge in [-0.3, -0.25) is 9.89 Å². The van der Waals surface area contributed by atoms with E-state index in [4.69, 9.17) is 9.97 Å². The van der Waals surface area contributed by atoms with Crippen LogP contribution < -0.4 is 5.56 Å². The standard InChI is InChI=1S/C23H16N4O/c28-21-15-20(16-9-3-1-4-10-16)26-27(21)23-22(17-11-5-2-6-12-17)24-18-13-7-8-14-19(18)25-23/h1-15,26H. The Morgan fingerprint density at radius 3 is 1.93 bits per heavy atom. The van der Waals surface area contributed by atoms with E-state index in [-0.39, 0.29) is 5.56 Å². The zero-order chi connectivity index (χ0) is 18.9. The number of benzene rings is 3. The average molecular weight is 364 g/mol. The maximum atomic E-state index is 12.8. The van der Waals surface area contributed by atoms with Crippen LogP contribution in [0, 0.1) is 0 Å². The van der Waals surface area contributed by atoms with Crippen LogP contribution in [0.3, 0.4) is 0 Å². The number of hydrogen-bond acceptors (Lipinski definition) is 3. The third kappa shape index (κ3) is 2.79. The molecular weight excluding hydrogens is 348 g/mol. The first kappa shape index (κ1) is 16.2. The highest BCUT2D eigenvalue weighted by Gasteiger charge is 2.16. The van der Waals surface area contributed by atoms with Crippen LogP contribution in [-0.4, -0.2) is 19.7 Å². The van der Waals surface area contributed by atoms with Gasteiger partial charge in [0.15, 0.2) is 5.82 Å². The summed E-state index contributed by atoms with van der Waals surface area (Å²) < 4.78 is 1.46. The molecule has 0 amide bonds. The summed E-state index contributed by atoms with van der Waals surface area (Å²) in [5.41, 5.74) is 4.57. The summed E-state index contributed by atoms with van der Waals surface area (Å²) in [6.07, 6.45) is 0. The molecule has 0 radical (unpaired) electrons. The Hall–Kier alpha value is -3.99. The van der Waals surface area contributed by atoms with E-state index in [2.05, 4.69) is 5.10 Å². The smallest absolute Gasteiger partial charge is 0.273 e. The lowest BCUT2D eigenvalue weighted by molar-refractivity contribution is 0.823. The zero-order valence-electron chi connectivity index (χ0n) is 14.9. The van der Waals surface area contributed by atoms with Crippen molar-refractivity contribution in [2.24, 2.45) is 0 Å². The van der Waals surface area contributed by atoms with Gasteiger partial charge in [-0.15, -0.1) is 0 Å². The Kier molecular flexibility index (Phi) is 3.84. The molecule has 5 aromatic rings. The van der Waals surface area contributed by atoms with Crippen LogP contribution in [0.15, 0.2) is 95.8 Å². The van der Waals surface area contributed by atoms with Gasteiger partial charge in [0.25, 0.3) is 5.56 Å². The van der Waals surface area contributed by atoms with Crippen LogP contribution in [0.1, 0.15) is 0 Å². The molecule has 134 valence electrons. The lowest BCUT2D eigenvalue weighted by Crippen LogP contribution is -2.17. The van der Waals surface area contributed by atoms with Gasteiger partial charge in [0.05, 0.1) is 16.7 Å². The molecule has 1 N–H and O–H groups in total. The normalized spacial score (nSPS) is 11.0. The summed E-state index contributed by atoms with van der Waals surface area (Å²) in [6.45, 7) is 0. The maximum Gasteiger partial charge on any atom is 0.273 e. The summed E-state index contributed by atoms with van der Waals surface area (Å²) >= 11 is 0. The van der Waals surface area contributed by atoms with Gasteiger partial charge in [-0.25, -0.2) is 9.97 Å². The third-order valence-corrected chi connectivity index (χ3v) is 4.62. The summed E-state index contributed by atoms with van der Waals surface area (Å²) in [5, 5.41) is 3.19. The van der Waals surface area contributed by atoms with Crippen molar-refractivity contribution in [1.29, 1.82) is 0 Å². The number of nitrogens with one attached hydrogen (secondary N) is 1. The first-order valence-corrected chi connectivity index (χ1v) is 9.00. The Labute approximate surface area is 160 Å². The Morgan fingerprint density at radius 2 is 1.25 bits per heavy atom. The van der Waals surface area contributed by atoms with Crippen LogP contribution in [0.2, 0.25) is 0 Å². The second kappa shape index (κ2) is 6.63. The number of nitrogens with zero attached hydrogens (tertiary/aromatic N) is 3. The van der Waals surface area contributed by atoms with E-state index in [1.54, 1.807) is 6.07 Å². The summed E-state index contributed by atoms with van der Waals surface area (Å²) in [6, 6.07) is 28.8. The van der Waals surface area contributed by atoms with E-state index < -0.39 is 0 Å². The van der Waals surface area contributed by atoms with Crippen molar-refractivity contribution in [1.82, 2.24) is 19.7 Å². The maximum absolute atomic E-state index is 12.8. The average Bonchev–Trinajstić information content (AvgIpc) is 3.15. The van der Waals surface area contributed by atoms with Crippen LogP contribution in [0.4, 0.5) is 0 Å². The number of aromatic amines is 1. The highest BCUT2D eigenvalue weighted by Crippen LogP contribution is 2.25. The number of rotatable bonds is 3. The quantitative estimate of drug-likeness (QED) is 0.515. The van der Waals surface area contributed by atoms with Gasteiger partial charge >= 0.3 is 0 Å². The molecule has 2 aromatic heterocycles. The molecule has 0 aliphatic rings. The number of para-hydroxylation sites is 2. The topological polar surface area (TPSA) is 63.6 Å². The lowest BCUT2D eigenvalue weighted by atomic mass is 10.1. The number of H-pyrrole nitrogens is 1. The molecule has 0 aliphatic heterocycles. The van der Waals surface area contributed by atoms with Crippen LogP contribution in [0.5, 0.6) is 0 Å². The zero-order valence-corrected chi connectivity index (χ0v) is 14.9. The van der Waals surface area contributed by atoms with Gasteiger partial charge in [0.2, 0.25) is 0 Å². The van der Waals surface area contributed by atoms with Gasteiger partial charge in [0.1, 0.15) is 5.69 Å². The Bertz CT molecular complexity index is 1320. The molecule has 5 nitrogen and oxygen atoms in total. The first-order valence-electron chi connectivity index (χ1n) is 9.00. The van der Waals surface area contributed by atoms with E-state index >= 15 is 0 Å². The minimum absolute atomic E-state index is 0.180. The van der Waals surface area contributed by atoms with E-state index in [9.17, 15) is 4.79 Å². The molecule has 2 heterocycles. The summed E-state index contributed by atoms with van der Waals surface area (Å²) in [7, 11) is 0. The highest BCUT2D eigenvalue weighted by molar-refractivity contribution is 5.80. The molecule has 0 atom stereocenters. The molecule has 0 saturated heterocycles. The molecule has 0 aliphatic carbocycles. The molecule has 0 bridgehead atoms. The number of fused-ring (bicyclic) bond motifs is 1. The van der Waals surface area contributed by atoms with Crippen molar-refractivity contribution in [3.8, 4) is 28.3 Å². The second-order valence-corrected chi connectivity index (χ2v) is 6.46. The molecule has 28 heavy (non-hydrogen) atoms. The molecular formula is C23H16N4O. The van der Waals surface area contributed by atoms with Crippen LogP contribution in [0.25, 0.3) is 39.4 Å². The molecule has 5 heteroatoms. The van der Waals surface area contributed by atoms with Gasteiger partial charge < -0.3 is 0 Å². The molecule has 5 rings (SSSR count). The second-order valence-electron chi connectivity index (χ2n) is 6.46. The van der Waals surface area contributed by atoms with Crippen LogP contribution in [-0.2, 0) is 0 Å². The minimum Gasteiger partial charge on any atom is -0.289 e. The van der Waals surface area contributed by atoms with Gasteiger partial charge in [-0.05, 0) is 17.7 Å². The third-order valence-electron chi connectivity index (χ3n) is 4.62. The van der Waals surface area contributed by atoms with Crippen molar-refractivity contribution in [3.63, 3.8) is 0 Å². The van der Waals surface area contributed by atoms with Crippen molar-refractivity contribution in [2.75, 3.05) is 0 Å². The number of hydrogen-bond donors (Lipinski definition) is 1. The first-order chi connectivity index (χ1) is 13.8. The minimum atomic E-state index is -0.180. The summed E-state index contributed by atoms with van der Waals surface area (Å²) in [5.74, 6) is 0.483.